The molecule has 1 atom stereocenters. The Morgan fingerprint density at radius 3 is 2.52 bits per heavy atom. The Bertz CT molecular complexity index is 699. The maximum Gasteiger partial charge on any atom is 0.245 e. The van der Waals surface area contributed by atoms with E-state index in [1.807, 2.05) is 19.1 Å². The van der Waals surface area contributed by atoms with Gasteiger partial charge in [-0.1, -0.05) is 31.2 Å². The average Bonchev–Trinajstić information content (AvgIpc) is 2.58. The largest absolute Gasteiger partial charge is 0.374 e. The molecule has 118 valence electrons. The Morgan fingerprint density at radius 1 is 1.43 bits per heavy atom. The Balaban J connectivity index is 2.39. The van der Waals surface area contributed by atoms with E-state index in [1.54, 1.807) is 24.3 Å². The molecule has 1 aliphatic rings. The van der Waals surface area contributed by atoms with E-state index in [-0.39, 0.29) is 18.2 Å². The number of rotatable bonds is 4. The van der Waals surface area contributed by atoms with Gasteiger partial charge in [0.05, 0.1) is 5.71 Å². The van der Waals surface area contributed by atoms with Gasteiger partial charge in [0.15, 0.2) is 0 Å². The molecule has 0 aliphatic carbocycles. The van der Waals surface area contributed by atoms with Crippen molar-refractivity contribution in [3.05, 3.63) is 35.4 Å². The number of hydrogen-bond donors (Lipinski definition) is 3. The standard InChI is InChI=1S/C15H16N6O2/c1-10-6-13(23)21(9-22)19-14(10)11-2-4-12(5-3-11)15(7-16,8-17)20-18/h2-5,10,20,22H,6,9,18H2,1H3/t10-/m1/s1. The molecule has 0 fully saturated rings. The number of benzene rings is 1. The molecular weight excluding hydrogens is 296 g/mol. The van der Waals surface area contributed by atoms with Gasteiger partial charge in [0.2, 0.25) is 11.4 Å². The van der Waals surface area contributed by atoms with E-state index in [2.05, 4.69) is 10.5 Å². The summed E-state index contributed by atoms with van der Waals surface area (Å²) in [5.74, 6) is 4.99. The third-order valence-corrected chi connectivity index (χ3v) is 3.76. The molecule has 8 nitrogen and oxygen atoms in total. The van der Waals surface area contributed by atoms with Crippen LogP contribution in [0.25, 0.3) is 0 Å². The van der Waals surface area contributed by atoms with E-state index in [0.29, 0.717) is 11.3 Å². The van der Waals surface area contributed by atoms with Crippen LogP contribution in [-0.4, -0.2) is 28.5 Å². The fourth-order valence-electron chi connectivity index (χ4n) is 2.39. The number of hydrazine groups is 1. The van der Waals surface area contributed by atoms with Crippen molar-refractivity contribution in [2.75, 3.05) is 6.73 Å². The van der Waals surface area contributed by atoms with Gasteiger partial charge in [-0.2, -0.15) is 15.6 Å². The van der Waals surface area contributed by atoms with Crippen molar-refractivity contribution in [1.82, 2.24) is 10.4 Å². The molecule has 8 heteroatoms. The number of carbonyl (C=O) groups is 1. The molecule has 0 unspecified atom stereocenters. The van der Waals surface area contributed by atoms with Crippen LogP contribution in [0.2, 0.25) is 0 Å². The van der Waals surface area contributed by atoms with E-state index >= 15 is 0 Å². The van der Waals surface area contributed by atoms with E-state index in [9.17, 15) is 15.3 Å². The van der Waals surface area contributed by atoms with Gasteiger partial charge in [-0.3, -0.25) is 10.6 Å². The SMILES string of the molecule is C[C@@H]1CC(=O)N(CO)N=C1c1ccc(C(C#N)(C#N)NN)cc1. The number of hydrogen-bond acceptors (Lipinski definition) is 7. The normalized spacial score (nSPS) is 18.1. The topological polar surface area (TPSA) is 139 Å². The lowest BCUT2D eigenvalue weighted by atomic mass is 9.89. The molecule has 1 heterocycles. The number of carbonyl (C=O) groups excluding carboxylic acids is 1. The van der Waals surface area contributed by atoms with Crippen molar-refractivity contribution in [2.45, 2.75) is 18.9 Å². The van der Waals surface area contributed by atoms with Crippen molar-refractivity contribution >= 4 is 11.6 Å². The summed E-state index contributed by atoms with van der Waals surface area (Å²) in [5, 5.41) is 32.7. The van der Waals surface area contributed by atoms with Gasteiger partial charge < -0.3 is 5.11 Å². The fourth-order valence-corrected chi connectivity index (χ4v) is 2.39. The molecule has 0 saturated carbocycles. The Labute approximate surface area is 133 Å². The Hall–Kier alpha value is -2.78. The first-order valence-corrected chi connectivity index (χ1v) is 6.92. The molecule has 0 radical (unpaired) electrons. The second-order valence-electron chi connectivity index (χ2n) is 5.22. The zero-order chi connectivity index (χ0) is 17.0. The summed E-state index contributed by atoms with van der Waals surface area (Å²) < 4.78 is 0. The lowest BCUT2D eigenvalue weighted by Crippen LogP contribution is -2.44. The van der Waals surface area contributed by atoms with Crippen LogP contribution in [0.15, 0.2) is 29.4 Å². The molecule has 4 N–H and O–H groups in total. The van der Waals surface area contributed by atoms with Crippen LogP contribution in [-0.2, 0) is 10.3 Å². The van der Waals surface area contributed by atoms with Gasteiger partial charge in [-0.25, -0.2) is 10.4 Å². The predicted molar refractivity (Wildman–Crippen MR) is 80.9 cm³/mol. The quantitative estimate of drug-likeness (QED) is 0.525. The lowest BCUT2D eigenvalue weighted by molar-refractivity contribution is -0.136. The summed E-state index contributed by atoms with van der Waals surface area (Å²) in [7, 11) is 0. The van der Waals surface area contributed by atoms with Crippen molar-refractivity contribution in [2.24, 2.45) is 16.9 Å². The Kier molecular flexibility index (Phi) is 4.72. The summed E-state index contributed by atoms with van der Waals surface area (Å²) in [4.78, 5) is 11.7. The van der Waals surface area contributed by atoms with Gasteiger partial charge in [0.1, 0.15) is 18.9 Å². The van der Waals surface area contributed by atoms with E-state index in [0.717, 1.165) is 10.6 Å². The third-order valence-electron chi connectivity index (χ3n) is 3.76. The van der Waals surface area contributed by atoms with Gasteiger partial charge in [-0.15, -0.1) is 0 Å². The zero-order valence-corrected chi connectivity index (χ0v) is 12.5. The van der Waals surface area contributed by atoms with Crippen LogP contribution >= 0.6 is 0 Å². The number of amides is 1. The number of nitriles is 2. The van der Waals surface area contributed by atoms with E-state index in [4.69, 9.17) is 10.9 Å². The van der Waals surface area contributed by atoms with Crippen LogP contribution in [0.1, 0.15) is 24.5 Å². The van der Waals surface area contributed by atoms with Crippen molar-refractivity contribution < 1.29 is 9.90 Å². The molecule has 1 aromatic carbocycles. The lowest BCUT2D eigenvalue weighted by Gasteiger charge is -2.26. The molecule has 0 aromatic heterocycles. The average molecular weight is 312 g/mol. The highest BCUT2D eigenvalue weighted by Crippen LogP contribution is 2.24. The third kappa shape index (κ3) is 2.91. The maximum atomic E-state index is 11.7. The second kappa shape index (κ2) is 6.55. The van der Waals surface area contributed by atoms with Gasteiger partial charge in [-0.05, 0) is 5.56 Å². The first-order chi connectivity index (χ1) is 11.0. The van der Waals surface area contributed by atoms with Gasteiger partial charge in [0.25, 0.3) is 0 Å². The van der Waals surface area contributed by atoms with Crippen LogP contribution in [0, 0.1) is 28.6 Å². The molecule has 0 saturated heterocycles. The molecule has 1 aromatic rings. The van der Waals surface area contributed by atoms with Gasteiger partial charge in [0, 0.05) is 17.9 Å². The molecule has 1 aliphatic heterocycles. The summed E-state index contributed by atoms with van der Waals surface area (Å²) in [6.45, 7) is 1.39. The fraction of sp³-hybridized carbons (Fsp3) is 0.333. The van der Waals surface area contributed by atoms with Gasteiger partial charge >= 0.3 is 0 Å². The molecule has 0 bridgehead atoms. The highest BCUT2D eigenvalue weighted by molar-refractivity contribution is 6.05. The highest BCUT2D eigenvalue weighted by Gasteiger charge is 2.32. The van der Waals surface area contributed by atoms with Crippen LogP contribution < -0.4 is 11.3 Å². The minimum atomic E-state index is -1.62. The van der Waals surface area contributed by atoms with E-state index < -0.39 is 12.3 Å². The number of aliphatic hydroxyl groups is 1. The molecule has 2 rings (SSSR count). The van der Waals surface area contributed by atoms with Crippen LogP contribution in [0.4, 0.5) is 0 Å². The zero-order valence-electron chi connectivity index (χ0n) is 12.5. The summed E-state index contributed by atoms with van der Waals surface area (Å²) >= 11 is 0. The summed E-state index contributed by atoms with van der Waals surface area (Å²) in [6, 6.07) is 10.3. The predicted octanol–water partition coefficient (Wildman–Crippen LogP) is -0.0853. The first-order valence-electron chi connectivity index (χ1n) is 6.92. The van der Waals surface area contributed by atoms with Crippen LogP contribution in [0.5, 0.6) is 0 Å². The Morgan fingerprint density at radius 2 is 2.04 bits per heavy atom. The first kappa shape index (κ1) is 16.6. The van der Waals surface area contributed by atoms with Crippen LogP contribution in [0.3, 0.4) is 0 Å². The second-order valence-corrected chi connectivity index (χ2v) is 5.22. The number of nitrogens with two attached hydrogens (primary N) is 1. The molecular formula is C15H16N6O2. The van der Waals surface area contributed by atoms with E-state index in [1.165, 1.54) is 0 Å². The van der Waals surface area contributed by atoms with Crippen molar-refractivity contribution in [3.63, 3.8) is 0 Å². The molecule has 1 amide bonds. The highest BCUT2D eigenvalue weighted by atomic mass is 16.3. The number of nitrogens with one attached hydrogen (secondary N) is 1. The smallest absolute Gasteiger partial charge is 0.245 e. The minimum Gasteiger partial charge on any atom is -0.374 e. The monoisotopic (exact) mass is 312 g/mol. The molecule has 0 spiro atoms. The molecule has 23 heavy (non-hydrogen) atoms. The number of nitrogens with zero attached hydrogens (tertiary/aromatic N) is 4. The van der Waals surface area contributed by atoms with Crippen molar-refractivity contribution in [1.29, 1.82) is 10.5 Å². The van der Waals surface area contributed by atoms with Crippen molar-refractivity contribution in [3.8, 4) is 12.1 Å². The minimum absolute atomic E-state index is 0.0968. The summed E-state index contributed by atoms with van der Waals surface area (Å²) in [6.07, 6.45) is 0.256. The number of aliphatic hydroxyl groups excluding tert-OH is 1. The number of hydrazone groups is 1. The summed E-state index contributed by atoms with van der Waals surface area (Å²) in [5.41, 5.74) is 2.42. The maximum absolute atomic E-state index is 11.7.